The molecule has 6 heteroatoms. The predicted molar refractivity (Wildman–Crippen MR) is 90.6 cm³/mol. The molecule has 0 aliphatic carbocycles. The molecule has 0 spiro atoms. The number of hydrogen-bond acceptors (Lipinski definition) is 6. The van der Waals surface area contributed by atoms with Crippen molar-refractivity contribution >= 4 is 11.8 Å². The summed E-state index contributed by atoms with van der Waals surface area (Å²) in [6, 6.07) is 11.8. The van der Waals surface area contributed by atoms with Gasteiger partial charge in [0.25, 0.3) is 0 Å². The molecular formula is C18H21N3O3. The van der Waals surface area contributed by atoms with E-state index in [1.807, 2.05) is 18.2 Å². The fraction of sp³-hybridized carbons (Fsp3) is 0.389. The Bertz CT molecular complexity index is 695. The number of carbonyl (C=O) groups is 1. The van der Waals surface area contributed by atoms with Gasteiger partial charge in [-0.2, -0.15) is 0 Å². The first-order chi connectivity index (χ1) is 11.7. The van der Waals surface area contributed by atoms with Crippen LogP contribution in [-0.2, 0) is 4.74 Å². The standard InChI is InChI=1S/C18H21N3O3/c1-23-15-5-3-4-14(12-15)13-8-10-21(11-9-13)17-7-6-16(19-20-17)18(22)24-2/h3-7,12-13H,8-11H2,1-2H3. The third-order valence-corrected chi connectivity index (χ3v) is 4.43. The van der Waals surface area contributed by atoms with E-state index in [-0.39, 0.29) is 5.69 Å². The lowest BCUT2D eigenvalue weighted by Crippen LogP contribution is -2.33. The Kier molecular flexibility index (Phi) is 4.93. The maximum Gasteiger partial charge on any atom is 0.358 e. The Balaban J connectivity index is 1.63. The van der Waals surface area contributed by atoms with E-state index in [9.17, 15) is 4.79 Å². The fourth-order valence-corrected chi connectivity index (χ4v) is 3.04. The molecule has 1 fully saturated rings. The summed E-state index contributed by atoms with van der Waals surface area (Å²) in [6.07, 6.45) is 2.10. The van der Waals surface area contributed by atoms with Gasteiger partial charge < -0.3 is 14.4 Å². The molecule has 1 aromatic carbocycles. The number of aromatic nitrogens is 2. The van der Waals surface area contributed by atoms with Gasteiger partial charge in [-0.3, -0.25) is 0 Å². The van der Waals surface area contributed by atoms with E-state index in [0.29, 0.717) is 5.92 Å². The van der Waals surface area contributed by atoms with Gasteiger partial charge in [0.05, 0.1) is 14.2 Å². The number of carbonyl (C=O) groups excluding carboxylic acids is 1. The minimum Gasteiger partial charge on any atom is -0.497 e. The van der Waals surface area contributed by atoms with Crippen LogP contribution in [0.3, 0.4) is 0 Å². The van der Waals surface area contributed by atoms with Gasteiger partial charge in [-0.25, -0.2) is 4.79 Å². The molecule has 1 saturated heterocycles. The van der Waals surface area contributed by atoms with E-state index >= 15 is 0 Å². The number of methoxy groups -OCH3 is 2. The first-order valence-corrected chi connectivity index (χ1v) is 8.02. The van der Waals surface area contributed by atoms with Crippen LogP contribution in [0.25, 0.3) is 0 Å². The Morgan fingerprint density at radius 2 is 1.92 bits per heavy atom. The molecule has 0 N–H and O–H groups in total. The number of piperidine rings is 1. The molecule has 0 atom stereocenters. The van der Waals surface area contributed by atoms with Crippen molar-refractivity contribution in [2.24, 2.45) is 0 Å². The van der Waals surface area contributed by atoms with Crippen LogP contribution in [0.4, 0.5) is 5.82 Å². The Morgan fingerprint density at radius 3 is 2.54 bits per heavy atom. The fourth-order valence-electron chi connectivity index (χ4n) is 3.04. The predicted octanol–water partition coefficient (Wildman–Crippen LogP) is 2.66. The molecule has 24 heavy (non-hydrogen) atoms. The van der Waals surface area contributed by atoms with Crippen LogP contribution in [0.15, 0.2) is 36.4 Å². The van der Waals surface area contributed by atoms with Gasteiger partial charge in [0.1, 0.15) is 5.75 Å². The summed E-state index contributed by atoms with van der Waals surface area (Å²) in [5.41, 5.74) is 1.55. The molecule has 1 aliphatic heterocycles. The number of hydrogen-bond donors (Lipinski definition) is 0. The van der Waals surface area contributed by atoms with Gasteiger partial charge in [-0.05, 0) is 48.6 Å². The minimum atomic E-state index is -0.467. The summed E-state index contributed by atoms with van der Waals surface area (Å²) in [6.45, 7) is 1.82. The molecule has 0 radical (unpaired) electrons. The van der Waals surface area contributed by atoms with Crippen LogP contribution >= 0.6 is 0 Å². The number of rotatable bonds is 4. The summed E-state index contributed by atoms with van der Waals surface area (Å²) in [5, 5.41) is 8.09. The van der Waals surface area contributed by atoms with Gasteiger partial charge in [-0.1, -0.05) is 12.1 Å². The molecule has 6 nitrogen and oxygen atoms in total. The van der Waals surface area contributed by atoms with Crippen molar-refractivity contribution in [1.82, 2.24) is 10.2 Å². The van der Waals surface area contributed by atoms with E-state index < -0.39 is 5.97 Å². The molecule has 1 aliphatic rings. The summed E-state index contributed by atoms with van der Waals surface area (Å²) < 4.78 is 9.95. The number of benzene rings is 1. The van der Waals surface area contributed by atoms with E-state index in [2.05, 4.69) is 32.0 Å². The van der Waals surface area contributed by atoms with Crippen molar-refractivity contribution in [2.45, 2.75) is 18.8 Å². The average Bonchev–Trinajstić information content (AvgIpc) is 2.67. The molecule has 0 bridgehead atoms. The van der Waals surface area contributed by atoms with Crippen LogP contribution in [0.2, 0.25) is 0 Å². The van der Waals surface area contributed by atoms with Crippen LogP contribution in [0.1, 0.15) is 34.8 Å². The summed E-state index contributed by atoms with van der Waals surface area (Å²) in [5.74, 6) is 1.76. The summed E-state index contributed by atoms with van der Waals surface area (Å²) in [7, 11) is 3.03. The highest BCUT2D eigenvalue weighted by Gasteiger charge is 2.22. The van der Waals surface area contributed by atoms with Crippen LogP contribution in [0, 0.1) is 0 Å². The molecule has 3 rings (SSSR count). The highest BCUT2D eigenvalue weighted by Crippen LogP contribution is 2.31. The number of ether oxygens (including phenoxy) is 2. The molecule has 0 unspecified atom stereocenters. The second-order valence-corrected chi connectivity index (χ2v) is 5.81. The van der Waals surface area contributed by atoms with Crippen molar-refractivity contribution < 1.29 is 14.3 Å². The van der Waals surface area contributed by atoms with Gasteiger partial charge in [0.15, 0.2) is 11.5 Å². The maximum atomic E-state index is 11.4. The monoisotopic (exact) mass is 327 g/mol. The lowest BCUT2D eigenvalue weighted by atomic mass is 9.89. The molecule has 126 valence electrons. The zero-order valence-corrected chi connectivity index (χ0v) is 13.9. The number of esters is 1. The molecule has 2 heterocycles. The molecule has 1 aromatic heterocycles. The second-order valence-electron chi connectivity index (χ2n) is 5.81. The first kappa shape index (κ1) is 16.2. The molecule has 2 aromatic rings. The topological polar surface area (TPSA) is 64.5 Å². The Hall–Kier alpha value is -2.63. The lowest BCUT2D eigenvalue weighted by molar-refractivity contribution is 0.0592. The third kappa shape index (κ3) is 3.48. The van der Waals surface area contributed by atoms with Crippen molar-refractivity contribution in [3.05, 3.63) is 47.7 Å². The van der Waals surface area contributed by atoms with Crippen molar-refractivity contribution in [3.8, 4) is 5.75 Å². The van der Waals surface area contributed by atoms with Gasteiger partial charge in [-0.15, -0.1) is 10.2 Å². The molecule has 0 saturated carbocycles. The van der Waals surface area contributed by atoms with Crippen LogP contribution in [0.5, 0.6) is 5.75 Å². The molecule has 0 amide bonds. The second kappa shape index (κ2) is 7.29. The smallest absolute Gasteiger partial charge is 0.358 e. The van der Waals surface area contributed by atoms with Crippen molar-refractivity contribution in [2.75, 3.05) is 32.2 Å². The van der Waals surface area contributed by atoms with Gasteiger partial charge in [0.2, 0.25) is 0 Å². The minimum absolute atomic E-state index is 0.229. The van der Waals surface area contributed by atoms with Crippen LogP contribution < -0.4 is 9.64 Å². The first-order valence-electron chi connectivity index (χ1n) is 8.02. The Labute approximate surface area is 141 Å². The van der Waals surface area contributed by atoms with E-state index in [1.54, 1.807) is 13.2 Å². The number of nitrogens with zero attached hydrogens (tertiary/aromatic N) is 3. The maximum absolute atomic E-state index is 11.4. The Morgan fingerprint density at radius 1 is 1.12 bits per heavy atom. The third-order valence-electron chi connectivity index (χ3n) is 4.43. The quantitative estimate of drug-likeness (QED) is 0.805. The average molecular weight is 327 g/mol. The van der Waals surface area contributed by atoms with Gasteiger partial charge in [0, 0.05) is 13.1 Å². The largest absolute Gasteiger partial charge is 0.497 e. The summed E-state index contributed by atoms with van der Waals surface area (Å²) >= 11 is 0. The van der Waals surface area contributed by atoms with E-state index in [1.165, 1.54) is 12.7 Å². The van der Waals surface area contributed by atoms with Crippen molar-refractivity contribution in [3.63, 3.8) is 0 Å². The van der Waals surface area contributed by atoms with Crippen LogP contribution in [-0.4, -0.2) is 43.5 Å². The van der Waals surface area contributed by atoms with E-state index in [4.69, 9.17) is 4.74 Å². The van der Waals surface area contributed by atoms with E-state index in [0.717, 1.165) is 37.5 Å². The normalized spacial score (nSPS) is 15.2. The van der Waals surface area contributed by atoms with Gasteiger partial charge >= 0.3 is 5.97 Å². The lowest BCUT2D eigenvalue weighted by Gasteiger charge is -2.32. The number of anilines is 1. The SMILES string of the molecule is COC(=O)c1ccc(N2CCC(c3cccc(OC)c3)CC2)nn1. The summed E-state index contributed by atoms with van der Waals surface area (Å²) in [4.78, 5) is 13.6. The zero-order valence-electron chi connectivity index (χ0n) is 13.9. The highest BCUT2D eigenvalue weighted by molar-refractivity contribution is 5.86. The highest BCUT2D eigenvalue weighted by atomic mass is 16.5. The zero-order chi connectivity index (χ0) is 16.9. The van der Waals surface area contributed by atoms with Crippen molar-refractivity contribution in [1.29, 1.82) is 0 Å². The molecular weight excluding hydrogens is 306 g/mol.